The highest BCUT2D eigenvalue weighted by Gasteiger charge is 2.13. The van der Waals surface area contributed by atoms with Crippen LogP contribution in [-0.2, 0) is 0 Å². The van der Waals surface area contributed by atoms with E-state index in [4.69, 9.17) is 0 Å². The van der Waals surface area contributed by atoms with Gasteiger partial charge in [-0.25, -0.2) is 0 Å². The number of nitrogens with zero attached hydrogens (tertiary/aromatic N) is 1. The molecule has 0 spiro atoms. The van der Waals surface area contributed by atoms with Crippen molar-refractivity contribution in [3.63, 3.8) is 0 Å². The number of amides is 1. The van der Waals surface area contributed by atoms with E-state index in [0.717, 1.165) is 16.5 Å². The zero-order chi connectivity index (χ0) is 14.7. The monoisotopic (exact) mass is 298 g/mol. The van der Waals surface area contributed by atoms with E-state index in [2.05, 4.69) is 10.3 Å². The maximum Gasteiger partial charge on any atom is 0.252 e. The molecular formula is C16H14N2O2S. The highest BCUT2D eigenvalue weighted by atomic mass is 32.1. The lowest BCUT2D eigenvalue weighted by atomic mass is 10.1. The molecule has 0 saturated heterocycles. The van der Waals surface area contributed by atoms with Gasteiger partial charge in [-0.2, -0.15) is 11.3 Å². The number of hydrogen-bond acceptors (Lipinski definition) is 4. The van der Waals surface area contributed by atoms with E-state index in [9.17, 15) is 9.90 Å². The van der Waals surface area contributed by atoms with Crippen molar-refractivity contribution in [1.29, 1.82) is 0 Å². The highest BCUT2D eigenvalue weighted by Crippen LogP contribution is 2.18. The van der Waals surface area contributed by atoms with E-state index in [-0.39, 0.29) is 12.5 Å². The molecule has 1 aromatic carbocycles. The van der Waals surface area contributed by atoms with Crippen LogP contribution in [0.5, 0.6) is 0 Å². The van der Waals surface area contributed by atoms with E-state index in [0.29, 0.717) is 5.56 Å². The summed E-state index contributed by atoms with van der Waals surface area (Å²) < 4.78 is 0. The van der Waals surface area contributed by atoms with Crippen LogP contribution in [0.3, 0.4) is 0 Å². The smallest absolute Gasteiger partial charge is 0.252 e. The summed E-state index contributed by atoms with van der Waals surface area (Å²) in [6.07, 6.45) is 1.01. The fraction of sp³-hybridized carbons (Fsp3) is 0.125. The van der Waals surface area contributed by atoms with Crippen LogP contribution in [0.15, 0.2) is 53.4 Å². The summed E-state index contributed by atoms with van der Waals surface area (Å²) in [5.41, 5.74) is 2.17. The Morgan fingerprint density at radius 3 is 3.00 bits per heavy atom. The number of nitrogens with one attached hydrogen (secondary N) is 1. The van der Waals surface area contributed by atoms with Crippen LogP contribution in [0.4, 0.5) is 0 Å². The fourth-order valence-electron chi connectivity index (χ4n) is 2.17. The maximum absolute atomic E-state index is 12.3. The molecule has 2 N–H and O–H groups in total. The van der Waals surface area contributed by atoms with Crippen LogP contribution in [0.25, 0.3) is 10.9 Å². The lowest BCUT2D eigenvalue weighted by molar-refractivity contribution is 0.0918. The van der Waals surface area contributed by atoms with Gasteiger partial charge in [0.25, 0.3) is 5.91 Å². The largest absolute Gasteiger partial charge is 0.387 e. The van der Waals surface area contributed by atoms with Gasteiger partial charge in [-0.3, -0.25) is 9.78 Å². The molecule has 5 heteroatoms. The van der Waals surface area contributed by atoms with Gasteiger partial charge < -0.3 is 10.4 Å². The van der Waals surface area contributed by atoms with Crippen LogP contribution in [0.1, 0.15) is 22.0 Å². The number of thiophene rings is 1. The molecule has 1 unspecified atom stereocenters. The third-order valence-corrected chi connectivity index (χ3v) is 3.98. The number of pyridine rings is 1. The lowest BCUT2D eigenvalue weighted by Gasteiger charge is -2.11. The highest BCUT2D eigenvalue weighted by molar-refractivity contribution is 7.07. The van der Waals surface area contributed by atoms with Crippen molar-refractivity contribution in [2.75, 3.05) is 6.54 Å². The van der Waals surface area contributed by atoms with Gasteiger partial charge in [0.2, 0.25) is 0 Å². The maximum atomic E-state index is 12.3. The van der Waals surface area contributed by atoms with Crippen molar-refractivity contribution in [1.82, 2.24) is 10.3 Å². The summed E-state index contributed by atoms with van der Waals surface area (Å²) in [5, 5.41) is 17.3. The quantitative estimate of drug-likeness (QED) is 0.778. The summed E-state index contributed by atoms with van der Waals surface area (Å²) in [5.74, 6) is -0.206. The summed E-state index contributed by atoms with van der Waals surface area (Å²) in [6.45, 7) is 0.187. The number of aliphatic hydroxyl groups excluding tert-OH is 1. The fourth-order valence-corrected chi connectivity index (χ4v) is 2.88. The molecule has 0 fully saturated rings. The van der Waals surface area contributed by atoms with Gasteiger partial charge in [0.05, 0.1) is 11.6 Å². The molecule has 2 aromatic heterocycles. The van der Waals surface area contributed by atoms with Crippen molar-refractivity contribution in [2.24, 2.45) is 0 Å². The van der Waals surface area contributed by atoms with Gasteiger partial charge >= 0.3 is 0 Å². The molecule has 0 aliphatic rings. The Labute approximate surface area is 126 Å². The molecule has 2 heterocycles. The minimum absolute atomic E-state index is 0.187. The molecule has 21 heavy (non-hydrogen) atoms. The summed E-state index contributed by atoms with van der Waals surface area (Å²) in [4.78, 5) is 16.5. The topological polar surface area (TPSA) is 62.2 Å². The van der Waals surface area contributed by atoms with E-state index in [1.54, 1.807) is 24.4 Å². The molecule has 1 amide bonds. The second-order valence-electron chi connectivity index (χ2n) is 4.66. The Morgan fingerprint density at radius 2 is 2.19 bits per heavy atom. The first-order valence-corrected chi connectivity index (χ1v) is 7.52. The molecule has 106 valence electrons. The van der Waals surface area contributed by atoms with Crippen LogP contribution < -0.4 is 5.32 Å². The van der Waals surface area contributed by atoms with E-state index in [1.165, 1.54) is 11.3 Å². The molecule has 0 saturated carbocycles. The first kappa shape index (κ1) is 13.7. The zero-order valence-corrected chi connectivity index (χ0v) is 12.0. The van der Waals surface area contributed by atoms with Crippen molar-refractivity contribution < 1.29 is 9.90 Å². The van der Waals surface area contributed by atoms with Gasteiger partial charge in [-0.15, -0.1) is 0 Å². The first-order valence-electron chi connectivity index (χ1n) is 6.58. The molecule has 1 atom stereocenters. The Hall–Kier alpha value is -2.24. The van der Waals surface area contributed by atoms with Gasteiger partial charge in [0.1, 0.15) is 0 Å². The molecule has 0 radical (unpaired) electrons. The lowest BCUT2D eigenvalue weighted by Crippen LogP contribution is -2.28. The number of benzene rings is 1. The van der Waals surface area contributed by atoms with Crippen molar-refractivity contribution in [2.45, 2.75) is 6.10 Å². The predicted molar refractivity (Wildman–Crippen MR) is 83.4 cm³/mol. The molecule has 3 rings (SSSR count). The Balaban J connectivity index is 1.75. The molecule has 0 aliphatic heterocycles. The molecule has 3 aromatic rings. The molecule has 0 aliphatic carbocycles. The van der Waals surface area contributed by atoms with E-state index in [1.807, 2.05) is 29.0 Å². The number of carbonyl (C=O) groups excluding carboxylic acids is 1. The number of hydrogen-bond donors (Lipinski definition) is 2. The second-order valence-corrected chi connectivity index (χ2v) is 5.44. The normalized spacial score (nSPS) is 12.2. The SMILES string of the molecule is O=C(NCC(O)c1ccsc1)c1cccc2ncccc12. The molecular weight excluding hydrogens is 284 g/mol. The summed E-state index contributed by atoms with van der Waals surface area (Å²) in [6, 6.07) is 11.0. The van der Waals surface area contributed by atoms with Gasteiger partial charge in [-0.1, -0.05) is 12.1 Å². The van der Waals surface area contributed by atoms with Crippen molar-refractivity contribution in [3.05, 3.63) is 64.5 Å². The van der Waals surface area contributed by atoms with E-state index >= 15 is 0 Å². The minimum Gasteiger partial charge on any atom is -0.387 e. The Morgan fingerprint density at radius 1 is 1.29 bits per heavy atom. The Kier molecular flexibility index (Phi) is 3.94. The number of fused-ring (bicyclic) bond motifs is 1. The second kappa shape index (κ2) is 6.03. The number of rotatable bonds is 4. The Bertz CT molecular complexity index is 751. The van der Waals surface area contributed by atoms with Crippen molar-refractivity contribution in [3.8, 4) is 0 Å². The van der Waals surface area contributed by atoms with E-state index < -0.39 is 6.10 Å². The van der Waals surface area contributed by atoms with Crippen molar-refractivity contribution >= 4 is 28.1 Å². The van der Waals surface area contributed by atoms with Gasteiger partial charge in [0.15, 0.2) is 0 Å². The standard InChI is InChI=1S/C16H14N2O2S/c19-15(11-6-8-21-10-11)9-18-16(20)13-3-1-5-14-12(13)4-2-7-17-14/h1-8,10,15,19H,9H2,(H,18,20). The average Bonchev–Trinajstić information content (AvgIpc) is 3.06. The van der Waals surface area contributed by atoms with Crippen LogP contribution in [0.2, 0.25) is 0 Å². The van der Waals surface area contributed by atoms with Crippen LogP contribution >= 0.6 is 11.3 Å². The summed E-state index contributed by atoms with van der Waals surface area (Å²) >= 11 is 1.52. The third kappa shape index (κ3) is 2.94. The third-order valence-electron chi connectivity index (χ3n) is 3.27. The number of carbonyl (C=O) groups is 1. The zero-order valence-electron chi connectivity index (χ0n) is 11.2. The first-order chi connectivity index (χ1) is 10.3. The van der Waals surface area contributed by atoms with Crippen LogP contribution in [0, 0.1) is 0 Å². The minimum atomic E-state index is -0.687. The van der Waals surface area contributed by atoms with Crippen LogP contribution in [-0.4, -0.2) is 22.5 Å². The molecule has 4 nitrogen and oxygen atoms in total. The average molecular weight is 298 g/mol. The number of aromatic nitrogens is 1. The molecule has 0 bridgehead atoms. The predicted octanol–water partition coefficient (Wildman–Crippen LogP) is 2.76. The summed E-state index contributed by atoms with van der Waals surface area (Å²) in [7, 11) is 0. The van der Waals surface area contributed by atoms with Gasteiger partial charge in [-0.05, 0) is 40.6 Å². The van der Waals surface area contributed by atoms with Gasteiger partial charge in [0, 0.05) is 23.7 Å². The number of aliphatic hydroxyl groups is 1.